The molecule has 2 aliphatic heterocycles. The van der Waals surface area contributed by atoms with Gasteiger partial charge in [-0.15, -0.1) is 0 Å². The molecule has 0 saturated carbocycles. The molecule has 0 bridgehead atoms. The van der Waals surface area contributed by atoms with Crippen LogP contribution in [0, 0.1) is 0 Å². The number of carbonyl (C=O) groups is 2. The van der Waals surface area contributed by atoms with E-state index in [4.69, 9.17) is 23.7 Å². The van der Waals surface area contributed by atoms with Crippen molar-refractivity contribution in [3.05, 3.63) is 78.5 Å². The fraction of sp³-hybridized carbons (Fsp3) is 0.259. The summed E-state index contributed by atoms with van der Waals surface area (Å²) in [6.45, 7) is 5.01. The second-order valence-corrected chi connectivity index (χ2v) is 9.43. The third-order valence-corrected chi connectivity index (χ3v) is 6.95. The predicted molar refractivity (Wildman–Crippen MR) is 137 cm³/mol. The summed E-state index contributed by atoms with van der Waals surface area (Å²) in [7, 11) is 1.44. The lowest BCUT2D eigenvalue weighted by Gasteiger charge is -2.25. The minimum Gasteiger partial charge on any atom is -0.493 e. The molecule has 0 amide bonds. The average Bonchev–Trinajstić information content (AvgIpc) is 3.47. The van der Waals surface area contributed by atoms with Crippen LogP contribution in [0.2, 0.25) is 0 Å². The first-order valence-electron chi connectivity index (χ1n) is 11.8. The van der Waals surface area contributed by atoms with Crippen LogP contribution in [0.4, 0.5) is 0 Å². The van der Waals surface area contributed by atoms with Gasteiger partial charge in [0.25, 0.3) is 5.56 Å². The number of hydrogen-bond donors (Lipinski definition) is 0. The maximum absolute atomic E-state index is 13.8. The first-order chi connectivity index (χ1) is 18.3. The molecule has 0 radical (unpaired) electrons. The van der Waals surface area contributed by atoms with Crippen molar-refractivity contribution < 1.29 is 33.3 Å². The van der Waals surface area contributed by atoms with E-state index in [-0.39, 0.29) is 36.0 Å². The van der Waals surface area contributed by atoms with Crippen LogP contribution in [-0.4, -0.2) is 37.0 Å². The van der Waals surface area contributed by atoms with Gasteiger partial charge in [0.05, 0.1) is 35.6 Å². The summed E-state index contributed by atoms with van der Waals surface area (Å²) in [5, 5.41) is 0. The fourth-order valence-electron chi connectivity index (χ4n) is 4.35. The molecule has 38 heavy (non-hydrogen) atoms. The molecule has 0 unspecified atom stereocenters. The van der Waals surface area contributed by atoms with Crippen molar-refractivity contribution in [1.29, 1.82) is 0 Å². The molecule has 0 saturated heterocycles. The van der Waals surface area contributed by atoms with E-state index >= 15 is 0 Å². The van der Waals surface area contributed by atoms with Gasteiger partial charge in [-0.3, -0.25) is 14.2 Å². The fourth-order valence-corrected chi connectivity index (χ4v) is 5.40. The molecular weight excluding hydrogens is 512 g/mol. The maximum Gasteiger partial charge on any atom is 0.338 e. The second-order valence-electron chi connectivity index (χ2n) is 8.42. The molecule has 3 heterocycles. The highest BCUT2D eigenvalue weighted by Gasteiger charge is 2.34. The zero-order valence-corrected chi connectivity index (χ0v) is 21.9. The third kappa shape index (κ3) is 4.56. The molecule has 1 atom stereocenters. The van der Waals surface area contributed by atoms with Crippen molar-refractivity contribution in [2.24, 2.45) is 4.99 Å². The van der Waals surface area contributed by atoms with Crippen LogP contribution in [0.15, 0.2) is 57.5 Å². The molecule has 2 aromatic carbocycles. The Morgan fingerprint density at radius 2 is 1.95 bits per heavy atom. The first-order valence-corrected chi connectivity index (χ1v) is 12.6. The standard InChI is InChI=1S/C27H24N2O8S/c1-5-34-26(32)23-14(2)28-27-29(24(23)17-7-9-19(37-15(3)30)20(12-17)33-4)25(31)22(38-27)11-16-6-8-18-21(10-16)36-13-35-18/h6-12,24H,5,13H2,1-4H3/b22-11+/t24-/m0/s1. The third-order valence-electron chi connectivity index (χ3n) is 5.97. The Labute approximate surface area is 221 Å². The Morgan fingerprint density at radius 3 is 2.68 bits per heavy atom. The van der Waals surface area contributed by atoms with Crippen molar-refractivity contribution in [2.45, 2.75) is 26.8 Å². The molecular formula is C27H24N2O8S. The van der Waals surface area contributed by atoms with E-state index in [1.165, 1.54) is 29.9 Å². The number of aromatic nitrogens is 1. The molecule has 0 spiro atoms. The number of nitrogens with zero attached hydrogens (tertiary/aromatic N) is 2. The van der Waals surface area contributed by atoms with Gasteiger partial charge in [0.15, 0.2) is 27.8 Å². The zero-order valence-electron chi connectivity index (χ0n) is 21.1. The molecule has 0 fully saturated rings. The minimum atomic E-state index is -0.843. The SMILES string of the molecule is CCOC(=O)C1=C(C)N=c2s/c(=C/c3ccc4c(c3)OCO4)c(=O)n2[C@H]1c1ccc(OC(C)=O)c(OC)c1. The van der Waals surface area contributed by atoms with Gasteiger partial charge < -0.3 is 23.7 Å². The smallest absolute Gasteiger partial charge is 0.338 e. The van der Waals surface area contributed by atoms with Gasteiger partial charge in [0.1, 0.15) is 0 Å². The van der Waals surface area contributed by atoms with Crippen LogP contribution in [0.3, 0.4) is 0 Å². The molecule has 196 valence electrons. The van der Waals surface area contributed by atoms with E-state index in [1.807, 2.05) is 6.07 Å². The van der Waals surface area contributed by atoms with Gasteiger partial charge in [-0.1, -0.05) is 23.5 Å². The lowest BCUT2D eigenvalue weighted by atomic mass is 9.95. The quantitative estimate of drug-likeness (QED) is 0.349. The molecule has 0 aliphatic carbocycles. The first kappa shape index (κ1) is 25.3. The normalized spacial score (nSPS) is 16.1. The van der Waals surface area contributed by atoms with Crippen molar-refractivity contribution in [1.82, 2.24) is 4.57 Å². The highest BCUT2D eigenvalue weighted by molar-refractivity contribution is 7.07. The number of rotatable bonds is 6. The van der Waals surface area contributed by atoms with Gasteiger partial charge in [0, 0.05) is 6.92 Å². The lowest BCUT2D eigenvalue weighted by Crippen LogP contribution is -2.40. The topological polar surface area (TPSA) is 115 Å². The summed E-state index contributed by atoms with van der Waals surface area (Å²) < 4.78 is 28.7. The maximum atomic E-state index is 13.8. The molecule has 0 N–H and O–H groups in total. The number of hydrogen-bond acceptors (Lipinski definition) is 10. The largest absolute Gasteiger partial charge is 0.493 e. The van der Waals surface area contributed by atoms with Crippen molar-refractivity contribution in [3.63, 3.8) is 0 Å². The Kier molecular flexibility index (Phi) is 6.77. The minimum absolute atomic E-state index is 0.149. The lowest BCUT2D eigenvalue weighted by molar-refractivity contribution is -0.139. The van der Waals surface area contributed by atoms with Crippen LogP contribution in [0.5, 0.6) is 23.0 Å². The number of fused-ring (bicyclic) bond motifs is 2. The Bertz CT molecular complexity index is 1670. The van der Waals surface area contributed by atoms with Crippen LogP contribution < -0.4 is 33.8 Å². The van der Waals surface area contributed by atoms with Crippen molar-refractivity contribution >= 4 is 29.4 Å². The van der Waals surface area contributed by atoms with Gasteiger partial charge in [-0.25, -0.2) is 9.79 Å². The van der Waals surface area contributed by atoms with Crippen LogP contribution in [-0.2, 0) is 14.3 Å². The predicted octanol–water partition coefficient (Wildman–Crippen LogP) is 2.46. The van der Waals surface area contributed by atoms with Gasteiger partial charge in [-0.2, -0.15) is 0 Å². The molecule has 10 nitrogen and oxygen atoms in total. The number of methoxy groups -OCH3 is 1. The molecule has 11 heteroatoms. The number of benzene rings is 2. The van der Waals surface area contributed by atoms with Gasteiger partial charge in [0.2, 0.25) is 6.79 Å². The van der Waals surface area contributed by atoms with Crippen LogP contribution >= 0.6 is 11.3 Å². The molecule has 5 rings (SSSR count). The van der Waals surface area contributed by atoms with Crippen molar-refractivity contribution in [2.75, 3.05) is 20.5 Å². The summed E-state index contributed by atoms with van der Waals surface area (Å²) in [4.78, 5) is 43.4. The summed E-state index contributed by atoms with van der Waals surface area (Å²) >= 11 is 1.21. The Morgan fingerprint density at radius 1 is 1.16 bits per heavy atom. The number of ether oxygens (including phenoxy) is 5. The summed E-state index contributed by atoms with van der Waals surface area (Å²) in [6.07, 6.45) is 1.75. The van der Waals surface area contributed by atoms with Gasteiger partial charge in [-0.05, 0) is 55.3 Å². The highest BCUT2D eigenvalue weighted by atomic mass is 32.1. The second kappa shape index (κ2) is 10.2. The number of thiazole rings is 1. The van der Waals surface area contributed by atoms with Gasteiger partial charge >= 0.3 is 11.9 Å². The van der Waals surface area contributed by atoms with E-state index in [0.717, 1.165) is 5.56 Å². The summed E-state index contributed by atoms with van der Waals surface area (Å²) in [5.74, 6) is 0.659. The monoisotopic (exact) mass is 536 g/mol. The van der Waals surface area contributed by atoms with E-state index in [0.29, 0.717) is 32.1 Å². The zero-order chi connectivity index (χ0) is 27.0. The van der Waals surface area contributed by atoms with Crippen LogP contribution in [0.1, 0.15) is 37.9 Å². The Hall–Kier alpha value is -4.38. The van der Waals surface area contributed by atoms with E-state index in [9.17, 15) is 14.4 Å². The number of carbonyl (C=O) groups excluding carboxylic acids is 2. The highest BCUT2D eigenvalue weighted by Crippen LogP contribution is 2.36. The summed E-state index contributed by atoms with van der Waals surface area (Å²) in [5.41, 5.74) is 1.66. The van der Waals surface area contributed by atoms with E-state index in [1.54, 1.807) is 50.3 Å². The summed E-state index contributed by atoms with van der Waals surface area (Å²) in [6, 6.07) is 9.45. The molecule has 2 aliphatic rings. The molecule has 1 aromatic heterocycles. The van der Waals surface area contributed by atoms with E-state index < -0.39 is 18.0 Å². The number of allylic oxidation sites excluding steroid dienone is 1. The molecule has 3 aromatic rings. The van der Waals surface area contributed by atoms with Crippen molar-refractivity contribution in [3.8, 4) is 23.0 Å². The van der Waals surface area contributed by atoms with E-state index in [2.05, 4.69) is 4.99 Å². The Balaban J connectivity index is 1.69. The number of esters is 2. The van der Waals surface area contributed by atoms with Crippen LogP contribution in [0.25, 0.3) is 6.08 Å². The average molecular weight is 537 g/mol.